The quantitative estimate of drug-likeness (QED) is 0.595. The lowest BCUT2D eigenvalue weighted by Gasteiger charge is -2.12. The van der Waals surface area contributed by atoms with E-state index in [4.69, 9.17) is 4.74 Å². The van der Waals surface area contributed by atoms with Gasteiger partial charge < -0.3 is 14.8 Å². The Morgan fingerprint density at radius 3 is 2.93 bits per heavy atom. The molecule has 0 aliphatic rings. The van der Waals surface area contributed by atoms with Gasteiger partial charge in [0.2, 0.25) is 5.91 Å². The van der Waals surface area contributed by atoms with Crippen molar-refractivity contribution >= 4 is 23.2 Å². The number of amides is 1. The van der Waals surface area contributed by atoms with Crippen LogP contribution in [-0.2, 0) is 11.3 Å². The topological polar surface area (TPSA) is 64.9 Å². The number of carbonyl (C=O) groups excluding carboxylic acids is 1. The first kappa shape index (κ1) is 19.0. The minimum Gasteiger partial charge on any atom is -0.493 e. The monoisotopic (exact) mass is 393 g/mol. The van der Waals surface area contributed by atoms with Crippen LogP contribution in [-0.4, -0.2) is 34.8 Å². The number of nitrogens with one attached hydrogen (secondary N) is 1. The Labute approximate surface area is 158 Å². The third-order valence-corrected chi connectivity index (χ3v) is 4.64. The molecule has 1 amide bonds. The van der Waals surface area contributed by atoms with Gasteiger partial charge in [-0.25, -0.2) is 4.98 Å². The van der Waals surface area contributed by atoms with Gasteiger partial charge in [0.15, 0.2) is 16.7 Å². The van der Waals surface area contributed by atoms with E-state index >= 15 is 0 Å². The summed E-state index contributed by atoms with van der Waals surface area (Å²) in [5.74, 6) is 0.168. The largest absolute Gasteiger partial charge is 0.493 e. The van der Waals surface area contributed by atoms with Crippen LogP contribution < -0.4 is 14.8 Å². The molecule has 27 heavy (non-hydrogen) atoms. The molecule has 0 saturated carbocycles. The molecule has 0 aliphatic heterocycles. The Hall–Kier alpha value is -2.81. The Kier molecular flexibility index (Phi) is 6.12. The fourth-order valence-electron chi connectivity index (χ4n) is 2.42. The number of hydrogen-bond donors (Lipinski definition) is 1. The molecule has 0 unspecified atom stereocenters. The molecule has 0 spiro atoms. The zero-order valence-electron chi connectivity index (χ0n) is 14.4. The highest BCUT2D eigenvalue weighted by molar-refractivity contribution is 7.99. The van der Waals surface area contributed by atoms with Gasteiger partial charge in [-0.05, 0) is 29.8 Å². The average molecular weight is 393 g/mol. The smallest absolute Gasteiger partial charge is 0.387 e. The molecule has 1 aromatic carbocycles. The van der Waals surface area contributed by atoms with Crippen LogP contribution in [0.1, 0.15) is 5.56 Å². The van der Waals surface area contributed by atoms with Crippen molar-refractivity contribution in [2.45, 2.75) is 18.3 Å². The molecule has 0 radical (unpaired) electrons. The molecular formula is C18H17F2N3O3S. The number of aromatic nitrogens is 2. The number of imidazole rings is 1. The minimum atomic E-state index is -2.93. The molecule has 142 valence electrons. The number of alkyl halides is 2. The van der Waals surface area contributed by atoms with Gasteiger partial charge in [-0.1, -0.05) is 23.9 Å². The molecule has 3 aromatic rings. The summed E-state index contributed by atoms with van der Waals surface area (Å²) in [5, 5.41) is 3.51. The van der Waals surface area contributed by atoms with Crippen LogP contribution in [0.4, 0.5) is 8.78 Å². The molecule has 3 rings (SSSR count). The molecule has 2 aromatic heterocycles. The molecule has 0 saturated heterocycles. The highest BCUT2D eigenvalue weighted by Gasteiger charge is 2.12. The van der Waals surface area contributed by atoms with Crippen molar-refractivity contribution in [3.05, 3.63) is 54.4 Å². The number of halogens is 2. The van der Waals surface area contributed by atoms with Crippen LogP contribution in [0, 0.1) is 0 Å². The number of ether oxygens (including phenoxy) is 2. The van der Waals surface area contributed by atoms with Crippen molar-refractivity contribution in [2.24, 2.45) is 0 Å². The van der Waals surface area contributed by atoms with Crippen molar-refractivity contribution < 1.29 is 23.0 Å². The molecular weight excluding hydrogens is 376 g/mol. The van der Waals surface area contributed by atoms with Gasteiger partial charge in [0.05, 0.1) is 24.6 Å². The van der Waals surface area contributed by atoms with E-state index in [0.29, 0.717) is 5.56 Å². The molecule has 2 heterocycles. The number of benzene rings is 1. The van der Waals surface area contributed by atoms with E-state index in [2.05, 4.69) is 15.0 Å². The van der Waals surface area contributed by atoms with Crippen molar-refractivity contribution in [3.63, 3.8) is 0 Å². The normalized spacial score (nSPS) is 11.0. The van der Waals surface area contributed by atoms with E-state index in [1.807, 2.05) is 28.8 Å². The zero-order valence-corrected chi connectivity index (χ0v) is 15.2. The number of thioether (sulfide) groups is 1. The maximum Gasteiger partial charge on any atom is 0.387 e. The number of hydrogen-bond acceptors (Lipinski definition) is 5. The van der Waals surface area contributed by atoms with Gasteiger partial charge >= 0.3 is 6.61 Å². The van der Waals surface area contributed by atoms with E-state index in [1.54, 1.807) is 18.3 Å². The average Bonchev–Trinajstić information content (AvgIpc) is 3.08. The van der Waals surface area contributed by atoms with Crippen LogP contribution in [0.2, 0.25) is 0 Å². The third-order valence-electron chi connectivity index (χ3n) is 3.67. The van der Waals surface area contributed by atoms with E-state index in [1.165, 1.54) is 24.9 Å². The van der Waals surface area contributed by atoms with Gasteiger partial charge in [0.25, 0.3) is 0 Å². The second-order valence-corrected chi connectivity index (χ2v) is 6.41. The zero-order chi connectivity index (χ0) is 19.2. The summed E-state index contributed by atoms with van der Waals surface area (Å²) in [6, 6.07) is 10.3. The standard InChI is InChI=1S/C18H17F2N3O3S/c1-25-15-8-12(5-6-14(15)26-17(19)20)9-21-16(24)11-27-18-22-10-13-4-2-3-7-23(13)18/h2-8,10,17H,9,11H2,1H3,(H,21,24). The van der Waals surface area contributed by atoms with Crippen LogP contribution in [0.15, 0.2) is 53.9 Å². The van der Waals surface area contributed by atoms with Gasteiger partial charge in [0.1, 0.15) is 0 Å². The Morgan fingerprint density at radius 2 is 2.15 bits per heavy atom. The maximum atomic E-state index is 12.3. The first-order valence-corrected chi connectivity index (χ1v) is 8.98. The summed E-state index contributed by atoms with van der Waals surface area (Å²) in [7, 11) is 1.36. The predicted molar refractivity (Wildman–Crippen MR) is 97.4 cm³/mol. The van der Waals surface area contributed by atoms with Crippen LogP contribution in [0.3, 0.4) is 0 Å². The molecule has 0 fully saturated rings. The molecule has 1 N–H and O–H groups in total. The van der Waals surface area contributed by atoms with Crippen molar-refractivity contribution in [1.82, 2.24) is 14.7 Å². The number of rotatable bonds is 8. The summed E-state index contributed by atoms with van der Waals surface area (Å²) in [4.78, 5) is 16.4. The van der Waals surface area contributed by atoms with Crippen molar-refractivity contribution in [2.75, 3.05) is 12.9 Å². The van der Waals surface area contributed by atoms with Crippen LogP contribution in [0.5, 0.6) is 11.5 Å². The highest BCUT2D eigenvalue weighted by atomic mass is 32.2. The molecule has 0 aliphatic carbocycles. The molecule has 0 atom stereocenters. The summed E-state index contributed by atoms with van der Waals surface area (Å²) < 4.78 is 36.0. The van der Waals surface area contributed by atoms with E-state index < -0.39 is 6.61 Å². The van der Waals surface area contributed by atoms with Gasteiger partial charge in [-0.2, -0.15) is 8.78 Å². The lowest BCUT2D eigenvalue weighted by molar-refractivity contribution is -0.118. The summed E-state index contributed by atoms with van der Waals surface area (Å²) >= 11 is 1.33. The Balaban J connectivity index is 1.54. The number of methoxy groups -OCH3 is 1. The second kappa shape index (κ2) is 8.72. The van der Waals surface area contributed by atoms with E-state index in [-0.39, 0.29) is 29.7 Å². The number of pyridine rings is 1. The fraction of sp³-hybridized carbons (Fsp3) is 0.222. The van der Waals surface area contributed by atoms with E-state index in [0.717, 1.165) is 10.7 Å². The van der Waals surface area contributed by atoms with Crippen molar-refractivity contribution in [1.29, 1.82) is 0 Å². The van der Waals surface area contributed by atoms with Crippen molar-refractivity contribution in [3.8, 4) is 11.5 Å². The van der Waals surface area contributed by atoms with Crippen LogP contribution in [0.25, 0.3) is 5.52 Å². The highest BCUT2D eigenvalue weighted by Crippen LogP contribution is 2.29. The maximum absolute atomic E-state index is 12.3. The summed E-state index contributed by atoms with van der Waals surface area (Å²) in [5.41, 5.74) is 1.66. The molecule has 0 bridgehead atoms. The number of nitrogens with zero attached hydrogens (tertiary/aromatic N) is 2. The number of fused-ring (bicyclic) bond motifs is 1. The van der Waals surface area contributed by atoms with Gasteiger partial charge in [-0.15, -0.1) is 0 Å². The van der Waals surface area contributed by atoms with E-state index in [9.17, 15) is 13.6 Å². The molecule has 6 nitrogen and oxygen atoms in total. The van der Waals surface area contributed by atoms with Gasteiger partial charge in [0, 0.05) is 12.7 Å². The second-order valence-electron chi connectivity index (χ2n) is 5.47. The fourth-order valence-corrected chi connectivity index (χ4v) is 3.22. The first-order valence-electron chi connectivity index (χ1n) is 8.00. The Morgan fingerprint density at radius 1 is 1.30 bits per heavy atom. The minimum absolute atomic E-state index is 0.0516. The summed E-state index contributed by atoms with van der Waals surface area (Å²) in [6.45, 7) is -2.69. The number of carbonyl (C=O) groups is 1. The third kappa shape index (κ3) is 4.88. The Bertz CT molecular complexity index is 933. The lowest BCUT2D eigenvalue weighted by atomic mass is 10.2. The predicted octanol–water partition coefficient (Wildman–Crippen LogP) is 3.35. The lowest BCUT2D eigenvalue weighted by Crippen LogP contribution is -2.24. The van der Waals surface area contributed by atoms with Gasteiger partial charge in [-0.3, -0.25) is 9.20 Å². The summed E-state index contributed by atoms with van der Waals surface area (Å²) in [6.07, 6.45) is 3.63. The van der Waals surface area contributed by atoms with Crippen LogP contribution >= 0.6 is 11.8 Å². The first-order chi connectivity index (χ1) is 13.1. The molecule has 9 heteroatoms. The SMILES string of the molecule is COc1cc(CNC(=O)CSc2ncc3ccccn23)ccc1OC(F)F.